The fourth-order valence-corrected chi connectivity index (χ4v) is 3.40. The maximum atomic E-state index is 11.6. The molecule has 3 rings (SSSR count). The van der Waals surface area contributed by atoms with E-state index in [4.69, 9.17) is 4.74 Å². The van der Waals surface area contributed by atoms with Gasteiger partial charge in [0.25, 0.3) is 0 Å². The van der Waals surface area contributed by atoms with Gasteiger partial charge in [0.15, 0.2) is 0 Å². The Labute approximate surface area is 114 Å². The Morgan fingerprint density at radius 2 is 2.05 bits per heavy atom. The van der Waals surface area contributed by atoms with Crippen molar-refractivity contribution in [2.75, 3.05) is 6.61 Å². The van der Waals surface area contributed by atoms with Gasteiger partial charge >= 0.3 is 5.97 Å². The largest absolute Gasteiger partial charge is 0.462 e. The van der Waals surface area contributed by atoms with Gasteiger partial charge in [-0.1, -0.05) is 18.2 Å². The Morgan fingerprint density at radius 1 is 1.26 bits per heavy atom. The van der Waals surface area contributed by atoms with Crippen molar-refractivity contribution >= 4 is 11.5 Å². The molecular formula is C17H20O2. The third-order valence-electron chi connectivity index (χ3n) is 4.38. The summed E-state index contributed by atoms with van der Waals surface area (Å²) >= 11 is 0. The van der Waals surface area contributed by atoms with Crippen molar-refractivity contribution in [3.05, 3.63) is 41.5 Å². The van der Waals surface area contributed by atoms with Gasteiger partial charge in [-0.2, -0.15) is 0 Å². The minimum atomic E-state index is -0.229. The molecule has 0 N–H and O–H groups in total. The van der Waals surface area contributed by atoms with Crippen LogP contribution < -0.4 is 0 Å². The lowest BCUT2D eigenvalue weighted by molar-refractivity contribution is 0.0526. The topological polar surface area (TPSA) is 26.3 Å². The van der Waals surface area contributed by atoms with Gasteiger partial charge in [0.1, 0.15) is 0 Å². The van der Waals surface area contributed by atoms with Crippen molar-refractivity contribution in [2.45, 2.75) is 32.6 Å². The molecule has 2 aliphatic carbocycles. The average molecular weight is 256 g/mol. The zero-order valence-electron chi connectivity index (χ0n) is 11.4. The molecule has 0 aromatic heterocycles. The van der Waals surface area contributed by atoms with Gasteiger partial charge in [-0.05, 0) is 67.7 Å². The summed E-state index contributed by atoms with van der Waals surface area (Å²) < 4.78 is 5.01. The summed E-state index contributed by atoms with van der Waals surface area (Å²) in [6.45, 7) is 2.25. The molecule has 0 radical (unpaired) electrons. The summed E-state index contributed by atoms with van der Waals surface area (Å²) in [7, 11) is 0. The molecule has 19 heavy (non-hydrogen) atoms. The Morgan fingerprint density at radius 3 is 2.79 bits per heavy atom. The normalized spacial score (nSPS) is 25.0. The van der Waals surface area contributed by atoms with E-state index in [1.807, 2.05) is 19.1 Å². The molecule has 2 bridgehead atoms. The molecule has 2 atom stereocenters. The van der Waals surface area contributed by atoms with Crippen LogP contribution in [0.3, 0.4) is 0 Å². The summed E-state index contributed by atoms with van der Waals surface area (Å²) in [5.41, 5.74) is 3.41. The molecule has 0 spiro atoms. The number of rotatable bonds is 3. The average Bonchev–Trinajstić information content (AvgIpc) is 2.81. The maximum absolute atomic E-state index is 11.6. The molecule has 2 nitrogen and oxygen atoms in total. The molecule has 2 unspecified atom stereocenters. The monoisotopic (exact) mass is 256 g/mol. The van der Waals surface area contributed by atoms with E-state index in [0.29, 0.717) is 12.2 Å². The molecular weight excluding hydrogens is 236 g/mol. The van der Waals surface area contributed by atoms with E-state index in [1.54, 1.807) is 0 Å². The van der Waals surface area contributed by atoms with Crippen LogP contribution in [0.25, 0.3) is 5.57 Å². The van der Waals surface area contributed by atoms with Crippen LogP contribution in [-0.2, 0) is 4.74 Å². The van der Waals surface area contributed by atoms with Crippen LogP contribution in [0, 0.1) is 11.8 Å². The minimum Gasteiger partial charge on any atom is -0.462 e. The number of ether oxygens (including phenoxy) is 1. The Bertz CT molecular complexity index is 498. The van der Waals surface area contributed by atoms with Crippen molar-refractivity contribution in [1.29, 1.82) is 0 Å². The van der Waals surface area contributed by atoms with Crippen molar-refractivity contribution < 1.29 is 9.53 Å². The van der Waals surface area contributed by atoms with Gasteiger partial charge in [0.2, 0.25) is 0 Å². The molecule has 1 aromatic rings. The van der Waals surface area contributed by atoms with Gasteiger partial charge < -0.3 is 4.74 Å². The number of esters is 1. The second-order valence-electron chi connectivity index (χ2n) is 5.57. The first-order valence-corrected chi connectivity index (χ1v) is 7.25. The highest BCUT2D eigenvalue weighted by Gasteiger charge is 2.30. The van der Waals surface area contributed by atoms with Crippen molar-refractivity contribution in [2.24, 2.45) is 11.8 Å². The zero-order valence-corrected chi connectivity index (χ0v) is 11.4. The van der Waals surface area contributed by atoms with E-state index in [-0.39, 0.29) is 5.97 Å². The van der Waals surface area contributed by atoms with Crippen molar-refractivity contribution in [3.8, 4) is 0 Å². The predicted octanol–water partition coefficient (Wildman–Crippen LogP) is 4.07. The molecule has 2 aliphatic rings. The van der Waals surface area contributed by atoms with E-state index < -0.39 is 0 Å². The second-order valence-corrected chi connectivity index (χ2v) is 5.57. The van der Waals surface area contributed by atoms with Crippen LogP contribution in [0.15, 0.2) is 30.3 Å². The van der Waals surface area contributed by atoms with E-state index in [1.165, 1.54) is 36.8 Å². The molecule has 1 aromatic carbocycles. The first-order valence-electron chi connectivity index (χ1n) is 7.25. The Balaban J connectivity index is 1.79. The number of carbonyl (C=O) groups is 1. The second kappa shape index (κ2) is 5.20. The van der Waals surface area contributed by atoms with Crippen LogP contribution in [0.4, 0.5) is 0 Å². The van der Waals surface area contributed by atoms with Crippen LogP contribution in [-0.4, -0.2) is 12.6 Å². The summed E-state index contributed by atoms with van der Waals surface area (Å²) in [6.07, 6.45) is 7.70. The highest BCUT2D eigenvalue weighted by Crippen LogP contribution is 2.45. The summed E-state index contributed by atoms with van der Waals surface area (Å²) in [4.78, 5) is 11.6. The fourth-order valence-electron chi connectivity index (χ4n) is 3.40. The van der Waals surface area contributed by atoms with Gasteiger partial charge in [0, 0.05) is 0 Å². The molecule has 0 aliphatic heterocycles. The van der Waals surface area contributed by atoms with E-state index in [0.717, 1.165) is 11.8 Å². The van der Waals surface area contributed by atoms with Gasteiger partial charge in [-0.15, -0.1) is 0 Å². The number of benzene rings is 1. The molecule has 1 fully saturated rings. The number of fused-ring (bicyclic) bond motifs is 2. The first kappa shape index (κ1) is 12.5. The lowest BCUT2D eigenvalue weighted by Crippen LogP contribution is -2.07. The lowest BCUT2D eigenvalue weighted by Gasteiger charge is -2.21. The van der Waals surface area contributed by atoms with Crippen LogP contribution in [0.5, 0.6) is 0 Å². The quantitative estimate of drug-likeness (QED) is 0.762. The van der Waals surface area contributed by atoms with Crippen molar-refractivity contribution in [1.82, 2.24) is 0 Å². The summed E-state index contributed by atoms with van der Waals surface area (Å²) in [5, 5.41) is 0. The van der Waals surface area contributed by atoms with E-state index in [9.17, 15) is 4.79 Å². The third-order valence-corrected chi connectivity index (χ3v) is 4.38. The lowest BCUT2D eigenvalue weighted by atomic mass is 9.84. The van der Waals surface area contributed by atoms with Crippen molar-refractivity contribution in [3.63, 3.8) is 0 Å². The van der Waals surface area contributed by atoms with E-state index in [2.05, 4.69) is 18.2 Å². The highest BCUT2D eigenvalue weighted by molar-refractivity contribution is 5.89. The molecule has 100 valence electrons. The van der Waals surface area contributed by atoms with Gasteiger partial charge in [-0.3, -0.25) is 0 Å². The number of allylic oxidation sites excluding steroid dienone is 2. The molecule has 2 heteroatoms. The Hall–Kier alpha value is -1.57. The molecule has 0 heterocycles. The summed E-state index contributed by atoms with van der Waals surface area (Å²) in [6, 6.07) is 7.90. The molecule has 0 saturated heterocycles. The SMILES string of the molecule is CCOC(=O)c1ccc(C2=CCC3CCC2C3)cc1. The van der Waals surface area contributed by atoms with Crippen LogP contribution in [0.2, 0.25) is 0 Å². The summed E-state index contributed by atoms with van der Waals surface area (Å²) in [5.74, 6) is 1.44. The smallest absolute Gasteiger partial charge is 0.338 e. The maximum Gasteiger partial charge on any atom is 0.338 e. The number of carbonyl (C=O) groups excluding carboxylic acids is 1. The zero-order chi connectivity index (χ0) is 13.2. The minimum absolute atomic E-state index is 0.229. The van der Waals surface area contributed by atoms with Gasteiger partial charge in [-0.25, -0.2) is 4.79 Å². The third kappa shape index (κ3) is 2.44. The molecule has 0 amide bonds. The van der Waals surface area contributed by atoms with E-state index >= 15 is 0 Å². The Kier molecular flexibility index (Phi) is 3.41. The van der Waals surface area contributed by atoms with Crippen LogP contribution >= 0.6 is 0 Å². The number of hydrogen-bond donors (Lipinski definition) is 0. The first-order chi connectivity index (χ1) is 9.28. The standard InChI is InChI=1S/C17H20O2/c1-2-19-17(18)14-8-6-13(7-9-14)16-10-4-12-3-5-15(16)11-12/h6-10,12,15H,2-5,11H2,1H3. The molecule has 1 saturated carbocycles. The van der Waals surface area contributed by atoms with Crippen LogP contribution in [0.1, 0.15) is 48.5 Å². The van der Waals surface area contributed by atoms with Gasteiger partial charge in [0.05, 0.1) is 12.2 Å². The number of hydrogen-bond acceptors (Lipinski definition) is 2. The fraction of sp³-hybridized carbons (Fsp3) is 0.471. The predicted molar refractivity (Wildman–Crippen MR) is 75.8 cm³/mol. The highest BCUT2D eigenvalue weighted by atomic mass is 16.5.